The molecule has 1 aliphatic carbocycles. The third kappa shape index (κ3) is 3.72. The largest absolute Gasteiger partial charge is 0.389 e. The monoisotopic (exact) mass is 315 g/mol. The number of aliphatic hydroxyl groups is 1. The summed E-state index contributed by atoms with van der Waals surface area (Å²) in [5, 5.41) is 13.2. The maximum absolute atomic E-state index is 12.0. The van der Waals surface area contributed by atoms with Gasteiger partial charge in [0.2, 0.25) is 5.91 Å². The number of amides is 1. The molecule has 0 bridgehead atoms. The van der Waals surface area contributed by atoms with Gasteiger partial charge in [0.15, 0.2) is 0 Å². The first kappa shape index (κ1) is 16.0. The van der Waals surface area contributed by atoms with Crippen molar-refractivity contribution in [2.75, 3.05) is 6.54 Å². The standard InChI is InChI=1S/C18H25N3O2/c1-14-20-15-7-2-3-8-16(15)21(14)12-6-11-19-17(22)13-18(23)9-4-5-10-18/h2-3,7-8,23H,4-6,9-13H2,1H3,(H,19,22). The lowest BCUT2D eigenvalue weighted by molar-refractivity contribution is -0.125. The number of fused-ring (bicyclic) bond motifs is 1. The van der Waals surface area contributed by atoms with Crippen molar-refractivity contribution in [3.05, 3.63) is 30.1 Å². The van der Waals surface area contributed by atoms with Gasteiger partial charge in [-0.05, 0) is 38.3 Å². The van der Waals surface area contributed by atoms with Crippen LogP contribution in [-0.4, -0.2) is 32.7 Å². The number of aromatic nitrogens is 2. The second-order valence-electron chi connectivity index (χ2n) is 6.61. The lowest BCUT2D eigenvalue weighted by Crippen LogP contribution is -2.35. The molecule has 3 rings (SSSR count). The molecular formula is C18H25N3O2. The van der Waals surface area contributed by atoms with E-state index < -0.39 is 5.60 Å². The minimum atomic E-state index is -0.763. The first-order chi connectivity index (χ1) is 11.1. The van der Waals surface area contributed by atoms with Gasteiger partial charge in [0.05, 0.1) is 23.1 Å². The van der Waals surface area contributed by atoms with E-state index in [1.54, 1.807) is 0 Å². The number of rotatable bonds is 6. The Bertz CT molecular complexity index is 687. The predicted octanol–water partition coefficient (Wildman–Crippen LogP) is 2.55. The molecule has 2 aromatic rings. The lowest BCUT2D eigenvalue weighted by Gasteiger charge is -2.21. The van der Waals surface area contributed by atoms with Gasteiger partial charge < -0.3 is 15.0 Å². The molecule has 1 saturated carbocycles. The van der Waals surface area contributed by atoms with Gasteiger partial charge in [-0.2, -0.15) is 0 Å². The molecule has 1 heterocycles. The van der Waals surface area contributed by atoms with E-state index in [4.69, 9.17) is 0 Å². The van der Waals surface area contributed by atoms with Crippen LogP contribution in [0.2, 0.25) is 0 Å². The third-order valence-corrected chi connectivity index (χ3v) is 4.75. The van der Waals surface area contributed by atoms with Crippen molar-refractivity contribution in [2.45, 2.75) is 57.6 Å². The zero-order valence-electron chi connectivity index (χ0n) is 13.7. The number of hydrogen-bond acceptors (Lipinski definition) is 3. The number of carbonyl (C=O) groups is 1. The van der Waals surface area contributed by atoms with E-state index in [1.807, 2.05) is 25.1 Å². The highest BCUT2D eigenvalue weighted by Crippen LogP contribution is 2.32. The van der Waals surface area contributed by atoms with E-state index >= 15 is 0 Å². The van der Waals surface area contributed by atoms with Gasteiger partial charge in [0, 0.05) is 13.1 Å². The summed E-state index contributed by atoms with van der Waals surface area (Å²) in [5.41, 5.74) is 1.38. The van der Waals surface area contributed by atoms with Gasteiger partial charge in [-0.25, -0.2) is 4.98 Å². The summed E-state index contributed by atoms with van der Waals surface area (Å²) in [4.78, 5) is 16.5. The van der Waals surface area contributed by atoms with Crippen LogP contribution in [0, 0.1) is 6.92 Å². The van der Waals surface area contributed by atoms with Gasteiger partial charge in [-0.1, -0.05) is 25.0 Å². The average molecular weight is 315 g/mol. The maximum Gasteiger partial charge on any atom is 0.222 e. The Labute approximate surface area is 136 Å². The fourth-order valence-electron chi connectivity index (χ4n) is 3.51. The first-order valence-corrected chi connectivity index (χ1v) is 8.48. The van der Waals surface area contributed by atoms with E-state index in [0.29, 0.717) is 6.54 Å². The molecule has 0 aliphatic heterocycles. The number of aryl methyl sites for hydroxylation is 2. The van der Waals surface area contributed by atoms with E-state index in [-0.39, 0.29) is 12.3 Å². The fraction of sp³-hybridized carbons (Fsp3) is 0.556. The highest BCUT2D eigenvalue weighted by molar-refractivity contribution is 5.77. The fourth-order valence-corrected chi connectivity index (χ4v) is 3.51. The molecule has 5 nitrogen and oxygen atoms in total. The number of nitrogens with zero attached hydrogens (tertiary/aromatic N) is 2. The lowest BCUT2D eigenvalue weighted by atomic mass is 9.98. The molecule has 1 aromatic heterocycles. The molecule has 5 heteroatoms. The molecule has 0 atom stereocenters. The smallest absolute Gasteiger partial charge is 0.222 e. The molecule has 0 radical (unpaired) electrons. The molecule has 0 saturated heterocycles. The van der Waals surface area contributed by atoms with Crippen LogP contribution in [0.25, 0.3) is 11.0 Å². The highest BCUT2D eigenvalue weighted by Gasteiger charge is 2.33. The van der Waals surface area contributed by atoms with Crippen molar-refractivity contribution in [3.8, 4) is 0 Å². The van der Waals surface area contributed by atoms with E-state index in [1.165, 1.54) is 0 Å². The minimum absolute atomic E-state index is 0.0402. The minimum Gasteiger partial charge on any atom is -0.389 e. The van der Waals surface area contributed by atoms with Crippen LogP contribution in [0.1, 0.15) is 44.3 Å². The molecule has 1 aliphatic rings. The summed E-state index contributed by atoms with van der Waals surface area (Å²) in [6.07, 6.45) is 4.64. The zero-order chi connectivity index (χ0) is 16.3. The number of imidazole rings is 1. The van der Waals surface area contributed by atoms with Crippen LogP contribution < -0.4 is 5.32 Å². The molecular weight excluding hydrogens is 290 g/mol. The van der Waals surface area contributed by atoms with Crippen molar-refractivity contribution >= 4 is 16.9 Å². The first-order valence-electron chi connectivity index (χ1n) is 8.48. The average Bonchev–Trinajstić information content (AvgIpc) is 3.07. The number of benzene rings is 1. The topological polar surface area (TPSA) is 67.2 Å². The van der Waals surface area contributed by atoms with Crippen molar-refractivity contribution in [2.24, 2.45) is 0 Å². The summed E-state index contributed by atoms with van der Waals surface area (Å²) >= 11 is 0. The van der Waals surface area contributed by atoms with Gasteiger partial charge in [-0.3, -0.25) is 4.79 Å². The van der Waals surface area contributed by atoms with Crippen molar-refractivity contribution in [1.29, 1.82) is 0 Å². The van der Waals surface area contributed by atoms with Crippen LogP contribution >= 0.6 is 0 Å². The molecule has 0 unspecified atom stereocenters. The molecule has 1 fully saturated rings. The number of carbonyl (C=O) groups excluding carboxylic acids is 1. The van der Waals surface area contributed by atoms with E-state index in [0.717, 1.165) is 55.5 Å². The third-order valence-electron chi connectivity index (χ3n) is 4.75. The second-order valence-corrected chi connectivity index (χ2v) is 6.61. The van der Waals surface area contributed by atoms with Crippen LogP contribution in [0.5, 0.6) is 0 Å². The van der Waals surface area contributed by atoms with Gasteiger partial charge in [-0.15, -0.1) is 0 Å². The van der Waals surface area contributed by atoms with E-state index in [2.05, 4.69) is 20.9 Å². The van der Waals surface area contributed by atoms with Crippen molar-refractivity contribution < 1.29 is 9.90 Å². The van der Waals surface area contributed by atoms with Crippen LogP contribution in [0.4, 0.5) is 0 Å². The highest BCUT2D eigenvalue weighted by atomic mass is 16.3. The quantitative estimate of drug-likeness (QED) is 0.805. The number of hydrogen-bond donors (Lipinski definition) is 2. The van der Waals surface area contributed by atoms with Gasteiger partial charge >= 0.3 is 0 Å². The summed E-state index contributed by atoms with van der Waals surface area (Å²) < 4.78 is 2.19. The Morgan fingerprint density at radius 2 is 2.09 bits per heavy atom. The van der Waals surface area contributed by atoms with E-state index in [9.17, 15) is 9.90 Å². The second kappa shape index (κ2) is 6.71. The van der Waals surface area contributed by atoms with Gasteiger partial charge in [0.25, 0.3) is 0 Å². The Kier molecular flexibility index (Phi) is 4.66. The Hall–Kier alpha value is -1.88. The summed E-state index contributed by atoms with van der Waals surface area (Å²) in [7, 11) is 0. The Morgan fingerprint density at radius 3 is 2.87 bits per heavy atom. The summed E-state index contributed by atoms with van der Waals surface area (Å²) in [6, 6.07) is 8.10. The van der Waals surface area contributed by atoms with Crippen LogP contribution in [0.15, 0.2) is 24.3 Å². The molecule has 1 amide bonds. The van der Waals surface area contributed by atoms with Crippen molar-refractivity contribution in [1.82, 2.24) is 14.9 Å². The summed E-state index contributed by atoms with van der Waals surface area (Å²) in [6.45, 7) is 3.46. The summed E-state index contributed by atoms with van der Waals surface area (Å²) in [5.74, 6) is 0.958. The van der Waals surface area contributed by atoms with Crippen LogP contribution in [0.3, 0.4) is 0 Å². The van der Waals surface area contributed by atoms with Crippen molar-refractivity contribution in [3.63, 3.8) is 0 Å². The molecule has 124 valence electrons. The number of nitrogens with one attached hydrogen (secondary N) is 1. The Balaban J connectivity index is 1.47. The molecule has 0 spiro atoms. The normalized spacial score (nSPS) is 16.8. The molecule has 2 N–H and O–H groups in total. The maximum atomic E-state index is 12.0. The molecule has 1 aromatic carbocycles. The Morgan fingerprint density at radius 1 is 1.35 bits per heavy atom. The zero-order valence-corrected chi connectivity index (χ0v) is 13.7. The SMILES string of the molecule is Cc1nc2ccccc2n1CCCNC(=O)CC1(O)CCCC1. The molecule has 23 heavy (non-hydrogen) atoms. The predicted molar refractivity (Wildman–Crippen MR) is 90.1 cm³/mol. The van der Waals surface area contributed by atoms with Crippen LogP contribution in [-0.2, 0) is 11.3 Å². The number of para-hydroxylation sites is 2. The van der Waals surface area contributed by atoms with Gasteiger partial charge in [0.1, 0.15) is 5.82 Å².